The van der Waals surface area contributed by atoms with Gasteiger partial charge in [0.1, 0.15) is 5.82 Å². The van der Waals surface area contributed by atoms with Crippen LogP contribution in [-0.4, -0.2) is 17.6 Å². The molecule has 0 aromatic heterocycles. The maximum absolute atomic E-state index is 14.3. The Morgan fingerprint density at radius 3 is 2.71 bits per heavy atom. The second-order valence-corrected chi connectivity index (χ2v) is 8.06. The van der Waals surface area contributed by atoms with E-state index >= 15 is 0 Å². The summed E-state index contributed by atoms with van der Waals surface area (Å²) in [6.07, 6.45) is 2.33. The number of carboxylic acids is 1. The lowest BCUT2D eigenvalue weighted by molar-refractivity contribution is -0.136. The summed E-state index contributed by atoms with van der Waals surface area (Å²) in [5.74, 6) is -1.30. The molecule has 4 rings (SSSR count). The molecule has 4 nitrogen and oxygen atoms in total. The number of hydrogen-bond acceptors (Lipinski definition) is 3. The Morgan fingerprint density at radius 1 is 1.10 bits per heavy atom. The van der Waals surface area contributed by atoms with Crippen LogP contribution < -0.4 is 10.2 Å². The summed E-state index contributed by atoms with van der Waals surface area (Å²) < 4.78 is 14.3. The Labute approximate surface area is 182 Å². The Hall–Kier alpha value is -3.34. The van der Waals surface area contributed by atoms with E-state index in [0.29, 0.717) is 17.8 Å². The molecule has 0 saturated heterocycles. The van der Waals surface area contributed by atoms with Crippen LogP contribution >= 0.6 is 0 Å². The average molecular weight is 419 g/mol. The summed E-state index contributed by atoms with van der Waals surface area (Å²) in [6.45, 7) is 3.73. The number of carboxylic acid groups (broad SMARTS) is 1. The zero-order valence-electron chi connectivity index (χ0n) is 17.7. The molecule has 0 radical (unpaired) electrons. The maximum Gasteiger partial charge on any atom is 0.303 e. The molecule has 0 unspecified atom stereocenters. The van der Waals surface area contributed by atoms with Crippen LogP contribution in [0.4, 0.5) is 21.5 Å². The van der Waals surface area contributed by atoms with E-state index in [-0.39, 0.29) is 18.7 Å². The number of para-hydroxylation sites is 1. The number of nitrogens with zero attached hydrogens (tertiary/aromatic N) is 1. The van der Waals surface area contributed by atoms with Gasteiger partial charge < -0.3 is 15.3 Å². The Kier molecular flexibility index (Phi) is 6.21. The van der Waals surface area contributed by atoms with Gasteiger partial charge in [-0.05, 0) is 72.7 Å². The van der Waals surface area contributed by atoms with Gasteiger partial charge in [-0.2, -0.15) is 0 Å². The molecule has 1 heterocycles. The van der Waals surface area contributed by atoms with E-state index in [1.165, 1.54) is 28.6 Å². The van der Waals surface area contributed by atoms with Crippen LogP contribution in [0.3, 0.4) is 0 Å². The third-order valence-electron chi connectivity index (χ3n) is 5.83. The van der Waals surface area contributed by atoms with Crippen molar-refractivity contribution in [3.05, 3.63) is 88.7 Å². The highest BCUT2D eigenvalue weighted by molar-refractivity contribution is 5.71. The molecular weight excluding hydrogens is 391 g/mol. The van der Waals surface area contributed by atoms with Crippen LogP contribution in [0.1, 0.15) is 35.1 Å². The largest absolute Gasteiger partial charge is 0.481 e. The molecule has 31 heavy (non-hydrogen) atoms. The van der Waals surface area contributed by atoms with Crippen LogP contribution in [0.15, 0.2) is 60.7 Å². The number of fused-ring (bicyclic) bond motifs is 1. The highest BCUT2D eigenvalue weighted by Crippen LogP contribution is 2.35. The monoisotopic (exact) mass is 418 g/mol. The van der Waals surface area contributed by atoms with Crippen LogP contribution in [0, 0.1) is 12.7 Å². The maximum atomic E-state index is 14.3. The predicted molar refractivity (Wildman–Crippen MR) is 123 cm³/mol. The van der Waals surface area contributed by atoms with Crippen LogP contribution in [-0.2, 0) is 24.2 Å². The number of nitrogens with one attached hydrogen (secondary N) is 1. The number of rotatable bonds is 7. The molecule has 5 heteroatoms. The fraction of sp³-hybridized carbons (Fsp3) is 0.269. The second-order valence-electron chi connectivity index (χ2n) is 8.06. The van der Waals surface area contributed by atoms with Gasteiger partial charge in [0.15, 0.2) is 0 Å². The lowest BCUT2D eigenvalue weighted by Crippen LogP contribution is -2.25. The molecule has 0 fully saturated rings. The number of carbonyl (C=O) groups is 1. The minimum absolute atomic E-state index is 0.0732. The summed E-state index contributed by atoms with van der Waals surface area (Å²) in [6, 6.07) is 19.9. The van der Waals surface area contributed by atoms with Gasteiger partial charge in [-0.15, -0.1) is 0 Å². The average Bonchev–Trinajstić information content (AvgIpc) is 2.77. The Balaban J connectivity index is 1.49. The van der Waals surface area contributed by atoms with E-state index in [4.69, 9.17) is 5.11 Å². The number of halogens is 1. The van der Waals surface area contributed by atoms with Gasteiger partial charge in [-0.1, -0.05) is 36.4 Å². The van der Waals surface area contributed by atoms with Gasteiger partial charge in [0, 0.05) is 36.6 Å². The first-order valence-electron chi connectivity index (χ1n) is 10.7. The highest BCUT2D eigenvalue weighted by Gasteiger charge is 2.19. The molecule has 0 bridgehead atoms. The minimum Gasteiger partial charge on any atom is -0.481 e. The zero-order valence-corrected chi connectivity index (χ0v) is 17.7. The third-order valence-corrected chi connectivity index (χ3v) is 5.83. The van der Waals surface area contributed by atoms with Gasteiger partial charge in [0.25, 0.3) is 0 Å². The smallest absolute Gasteiger partial charge is 0.303 e. The second kappa shape index (κ2) is 9.21. The van der Waals surface area contributed by atoms with Crippen LogP contribution in [0.5, 0.6) is 0 Å². The number of anilines is 3. The molecule has 0 amide bonds. The van der Waals surface area contributed by atoms with E-state index in [1.807, 2.05) is 0 Å². The van der Waals surface area contributed by atoms with E-state index in [1.54, 1.807) is 12.1 Å². The quantitative estimate of drug-likeness (QED) is 0.506. The Bertz CT molecular complexity index is 1100. The highest BCUT2D eigenvalue weighted by atomic mass is 19.1. The summed E-state index contributed by atoms with van der Waals surface area (Å²) in [5, 5.41) is 12.1. The molecule has 3 aromatic rings. The van der Waals surface area contributed by atoms with Crippen LogP contribution in [0.2, 0.25) is 0 Å². The molecule has 0 aliphatic carbocycles. The van der Waals surface area contributed by atoms with E-state index < -0.39 is 5.97 Å². The standard InChI is InChI=1S/C26H27FN2O2/c1-18-5-2-3-7-24(18)29-14-4-6-21-9-8-19(15-25(21)29)17-28-22-12-10-20(23(27)16-22)11-13-26(30)31/h2-3,5,7-10,12,15-16,28H,4,6,11,13-14,17H2,1H3,(H,30,31). The third kappa shape index (κ3) is 4.88. The molecule has 0 saturated carbocycles. The first kappa shape index (κ1) is 20.9. The van der Waals surface area contributed by atoms with Crippen molar-refractivity contribution in [1.82, 2.24) is 0 Å². The van der Waals surface area contributed by atoms with E-state index in [0.717, 1.165) is 24.9 Å². The molecule has 0 atom stereocenters. The minimum atomic E-state index is -0.922. The van der Waals surface area contributed by atoms with Gasteiger partial charge in [-0.25, -0.2) is 4.39 Å². The lowest BCUT2D eigenvalue weighted by atomic mass is 9.98. The number of aryl methyl sites for hydroxylation is 3. The van der Waals surface area contributed by atoms with E-state index in [2.05, 4.69) is 59.6 Å². The van der Waals surface area contributed by atoms with Crippen LogP contribution in [0.25, 0.3) is 0 Å². The van der Waals surface area contributed by atoms with Gasteiger partial charge in [0.2, 0.25) is 0 Å². The summed E-state index contributed by atoms with van der Waals surface area (Å²) >= 11 is 0. The lowest BCUT2D eigenvalue weighted by Gasteiger charge is -2.33. The normalized spacial score (nSPS) is 13.0. The first-order valence-corrected chi connectivity index (χ1v) is 10.7. The zero-order chi connectivity index (χ0) is 21.8. The Morgan fingerprint density at radius 2 is 1.94 bits per heavy atom. The van der Waals surface area contributed by atoms with Crippen molar-refractivity contribution >= 4 is 23.0 Å². The van der Waals surface area contributed by atoms with Crippen molar-refractivity contribution in [3.8, 4) is 0 Å². The van der Waals surface area contributed by atoms with Crippen molar-refractivity contribution in [2.45, 2.75) is 39.2 Å². The van der Waals surface area contributed by atoms with Crippen molar-refractivity contribution < 1.29 is 14.3 Å². The molecular formula is C26H27FN2O2. The molecule has 2 N–H and O–H groups in total. The molecule has 160 valence electrons. The van der Waals surface area contributed by atoms with Crippen molar-refractivity contribution in [1.29, 1.82) is 0 Å². The van der Waals surface area contributed by atoms with Gasteiger partial charge in [0.05, 0.1) is 0 Å². The summed E-state index contributed by atoms with van der Waals surface area (Å²) in [5.41, 5.74) is 7.35. The predicted octanol–water partition coefficient (Wildman–Crippen LogP) is 5.85. The SMILES string of the molecule is Cc1ccccc1N1CCCc2ccc(CNc3ccc(CCC(=O)O)c(F)c3)cc21. The molecule has 3 aromatic carbocycles. The number of hydrogen-bond donors (Lipinski definition) is 2. The van der Waals surface area contributed by atoms with Crippen molar-refractivity contribution in [2.75, 3.05) is 16.8 Å². The molecule has 1 aliphatic heterocycles. The molecule has 0 spiro atoms. The van der Waals surface area contributed by atoms with E-state index in [9.17, 15) is 9.18 Å². The van der Waals surface area contributed by atoms with Crippen molar-refractivity contribution in [2.24, 2.45) is 0 Å². The fourth-order valence-corrected chi connectivity index (χ4v) is 4.15. The number of benzene rings is 3. The van der Waals surface area contributed by atoms with Gasteiger partial charge in [-0.3, -0.25) is 4.79 Å². The summed E-state index contributed by atoms with van der Waals surface area (Å²) in [4.78, 5) is 13.1. The van der Waals surface area contributed by atoms with Crippen molar-refractivity contribution in [3.63, 3.8) is 0 Å². The first-order chi connectivity index (χ1) is 15.0. The van der Waals surface area contributed by atoms with Gasteiger partial charge >= 0.3 is 5.97 Å². The summed E-state index contributed by atoms with van der Waals surface area (Å²) in [7, 11) is 0. The topological polar surface area (TPSA) is 52.6 Å². The fourth-order valence-electron chi connectivity index (χ4n) is 4.15. The number of aliphatic carboxylic acids is 1. The molecule has 1 aliphatic rings.